The third kappa shape index (κ3) is 10.6. The van der Waals surface area contributed by atoms with Gasteiger partial charge in [0, 0.05) is 13.2 Å². The van der Waals surface area contributed by atoms with Crippen LogP contribution in [0.1, 0.15) is 110 Å². The molecule has 0 aromatic heterocycles. The summed E-state index contributed by atoms with van der Waals surface area (Å²) >= 11 is 0. The number of carbonyl (C=O) groups is 2. The summed E-state index contributed by atoms with van der Waals surface area (Å²) in [7, 11) is -5.27. The highest BCUT2D eigenvalue weighted by Crippen LogP contribution is 2.44. The van der Waals surface area contributed by atoms with Crippen molar-refractivity contribution in [3.63, 3.8) is 0 Å². The van der Waals surface area contributed by atoms with E-state index in [4.69, 9.17) is 17.7 Å². The average molecular weight is 634 g/mol. The lowest BCUT2D eigenvalue weighted by atomic mass is 10.2. The first-order chi connectivity index (χ1) is 18.8. The number of likely N-dealkylation sites (N-methyl/N-ethyl adjacent to an activating group) is 1. The lowest BCUT2D eigenvalue weighted by Gasteiger charge is -2.43. The van der Waals surface area contributed by atoms with E-state index in [1.807, 2.05) is 25.8 Å². The summed E-state index contributed by atoms with van der Waals surface area (Å²) in [6.45, 7) is 34.0. The molecule has 1 atom stereocenters. The van der Waals surface area contributed by atoms with E-state index in [0.717, 1.165) is 12.5 Å². The van der Waals surface area contributed by atoms with Gasteiger partial charge in [0.05, 0.1) is 6.42 Å². The van der Waals surface area contributed by atoms with Gasteiger partial charge < -0.3 is 17.7 Å². The van der Waals surface area contributed by atoms with Crippen molar-refractivity contribution in [3.8, 4) is 0 Å². The molecule has 0 amide bonds. The molecule has 0 spiro atoms. The van der Waals surface area contributed by atoms with E-state index < -0.39 is 31.2 Å². The van der Waals surface area contributed by atoms with E-state index in [1.165, 1.54) is 0 Å². The second-order valence-corrected chi connectivity index (χ2v) is 27.9. The minimum Gasteiger partial charge on any atom is -0.518 e. The number of carbonyl (C=O) groups excluding carboxylic acids is 2. The van der Waals surface area contributed by atoms with Crippen LogP contribution >= 0.6 is 0 Å². The van der Waals surface area contributed by atoms with E-state index >= 15 is 0 Å². The highest BCUT2D eigenvalue weighted by atomic mass is 28.4. The Labute approximate surface area is 257 Å². The number of rotatable bonds is 20. The molecule has 0 bridgehead atoms. The Morgan fingerprint density at radius 3 is 1.37 bits per heavy atom. The van der Waals surface area contributed by atoms with Gasteiger partial charge in [-0.25, -0.2) is 0 Å². The maximum atomic E-state index is 14.1. The molecule has 1 unspecified atom stereocenters. The van der Waals surface area contributed by atoms with Crippen molar-refractivity contribution in [1.29, 1.82) is 0 Å². The van der Waals surface area contributed by atoms with Gasteiger partial charge in [-0.05, 0) is 79.7 Å². The topological polar surface area (TPSA) is 74.3 Å². The Kier molecular flexibility index (Phi) is 17.5. The van der Waals surface area contributed by atoms with Crippen LogP contribution in [-0.2, 0) is 27.3 Å². The summed E-state index contributed by atoms with van der Waals surface area (Å²) in [4.78, 5) is 29.8. The van der Waals surface area contributed by atoms with E-state index in [0.29, 0.717) is 19.8 Å². The second kappa shape index (κ2) is 17.7. The molecule has 41 heavy (non-hydrogen) atoms. The molecule has 0 radical (unpaired) electrons. The van der Waals surface area contributed by atoms with Crippen molar-refractivity contribution in [2.75, 3.05) is 26.8 Å². The number of hydrogen-bond donors (Lipinski definition) is 0. The first kappa shape index (κ1) is 40.5. The fourth-order valence-electron chi connectivity index (χ4n) is 7.37. The predicted molar refractivity (Wildman–Crippen MR) is 180 cm³/mol. The largest absolute Gasteiger partial charge is 0.518 e. The summed E-state index contributed by atoms with van der Waals surface area (Å²) in [6.07, 6.45) is 0.808. The average Bonchev–Trinajstić information content (AvgIpc) is 2.82. The predicted octanol–water partition coefficient (Wildman–Crippen LogP) is 8.65. The van der Waals surface area contributed by atoms with Crippen LogP contribution in [0.4, 0.5) is 0 Å². The Balaban J connectivity index is 6.28. The van der Waals surface area contributed by atoms with Gasteiger partial charge in [0.1, 0.15) is 6.04 Å². The zero-order chi connectivity index (χ0) is 32.3. The molecule has 0 fully saturated rings. The van der Waals surface area contributed by atoms with Gasteiger partial charge in [-0.15, -0.1) is 0 Å². The van der Waals surface area contributed by atoms with Crippen molar-refractivity contribution in [2.45, 2.75) is 162 Å². The third-order valence-electron chi connectivity index (χ3n) is 9.19. The molecule has 0 aliphatic rings. The molecule has 0 aliphatic heterocycles. The molecule has 10 heteroatoms. The summed E-state index contributed by atoms with van der Waals surface area (Å²) in [5.74, 6) is -0.567. The molecule has 0 aromatic carbocycles. The molecular formula is C31H67NO6Si3. The fraction of sp³-hybridized carbons (Fsp3) is 0.935. The molecule has 0 aromatic rings. The van der Waals surface area contributed by atoms with Crippen molar-refractivity contribution < 1.29 is 27.3 Å². The lowest BCUT2D eigenvalue weighted by Crippen LogP contribution is -2.54. The van der Waals surface area contributed by atoms with Gasteiger partial charge in [0.25, 0.3) is 22.6 Å². The van der Waals surface area contributed by atoms with Crippen molar-refractivity contribution >= 4 is 37.1 Å². The van der Waals surface area contributed by atoms with Crippen LogP contribution in [0.25, 0.3) is 0 Å². The molecule has 0 saturated heterocycles. The molecule has 7 nitrogen and oxygen atoms in total. The van der Waals surface area contributed by atoms with Crippen LogP contribution in [0.2, 0.25) is 45.8 Å². The zero-order valence-electron chi connectivity index (χ0n) is 29.7. The van der Waals surface area contributed by atoms with Crippen LogP contribution in [-0.4, -0.2) is 74.9 Å². The maximum Gasteiger partial charge on any atom is 0.334 e. The Morgan fingerprint density at radius 1 is 0.659 bits per heavy atom. The lowest BCUT2D eigenvalue weighted by molar-refractivity contribution is -0.147. The third-order valence-corrected chi connectivity index (χ3v) is 24.2. The highest BCUT2D eigenvalue weighted by Gasteiger charge is 2.51. The van der Waals surface area contributed by atoms with Crippen molar-refractivity contribution in [3.05, 3.63) is 0 Å². The standard InChI is InChI=1S/C31H67NO6Si3/c1-17-35-39(16,36-18-2)21-19-20-32(15)29(31(34)38-41(26(9)10,27(11)12)28(13)14)22-30(33)37-40(23(3)4,24(5)6)25(7)8/h23-29H,17-22H2,1-16H3. The molecule has 244 valence electrons. The highest BCUT2D eigenvalue weighted by molar-refractivity contribution is 6.79. The van der Waals surface area contributed by atoms with E-state index in [1.54, 1.807) is 0 Å². The Bertz CT molecular complexity index is 738. The smallest absolute Gasteiger partial charge is 0.334 e. The first-order valence-corrected chi connectivity index (χ1v) is 23.0. The molecule has 0 saturated carbocycles. The Morgan fingerprint density at radius 2 is 1.02 bits per heavy atom. The van der Waals surface area contributed by atoms with E-state index in [-0.39, 0.29) is 51.6 Å². The first-order valence-electron chi connectivity index (χ1n) is 16.2. The van der Waals surface area contributed by atoms with Crippen molar-refractivity contribution in [1.82, 2.24) is 4.90 Å². The normalized spacial score (nSPS) is 14.3. The van der Waals surface area contributed by atoms with Gasteiger partial charge in [-0.3, -0.25) is 14.5 Å². The van der Waals surface area contributed by atoms with Gasteiger partial charge >= 0.3 is 14.5 Å². The zero-order valence-corrected chi connectivity index (χ0v) is 32.7. The fourth-order valence-corrected chi connectivity index (χ4v) is 20.1. The minimum absolute atomic E-state index is 0.000621. The summed E-state index contributed by atoms with van der Waals surface area (Å²) in [5, 5.41) is 0. The SMILES string of the molecule is CCO[Si](C)(CCCN(C)C(CC(=O)O[Si](C(C)C)(C(C)C)C(C)C)C(=O)O[Si](C(C)C)(C(C)C)C(C)C)OCC. The molecule has 0 rings (SSSR count). The second-order valence-electron chi connectivity index (χ2n) is 13.8. The number of hydrogen-bond acceptors (Lipinski definition) is 7. The van der Waals surface area contributed by atoms with Gasteiger partial charge in [0.2, 0.25) is 0 Å². The monoisotopic (exact) mass is 633 g/mol. The minimum atomic E-state index is -2.49. The van der Waals surface area contributed by atoms with Crippen LogP contribution in [0.15, 0.2) is 0 Å². The van der Waals surface area contributed by atoms with Crippen LogP contribution < -0.4 is 0 Å². The van der Waals surface area contributed by atoms with E-state index in [9.17, 15) is 9.59 Å². The van der Waals surface area contributed by atoms with E-state index in [2.05, 4.69) is 89.6 Å². The van der Waals surface area contributed by atoms with Crippen molar-refractivity contribution in [2.24, 2.45) is 0 Å². The summed E-state index contributed by atoms with van der Waals surface area (Å²) in [6, 6.07) is 0.119. The van der Waals surface area contributed by atoms with Gasteiger partial charge in [0.15, 0.2) is 0 Å². The van der Waals surface area contributed by atoms with Gasteiger partial charge in [-0.2, -0.15) is 0 Å². The summed E-state index contributed by atoms with van der Waals surface area (Å²) in [5.41, 5.74) is 1.61. The maximum absolute atomic E-state index is 14.1. The van der Waals surface area contributed by atoms with Crippen LogP contribution in [0, 0.1) is 0 Å². The molecule has 0 aliphatic carbocycles. The Hall–Kier alpha value is -0.529. The van der Waals surface area contributed by atoms with Crippen LogP contribution in [0.3, 0.4) is 0 Å². The summed E-state index contributed by atoms with van der Waals surface area (Å²) < 4.78 is 25.2. The van der Waals surface area contributed by atoms with Crippen LogP contribution in [0.5, 0.6) is 0 Å². The molecule has 0 heterocycles. The molecule has 0 N–H and O–H groups in total. The molecular weight excluding hydrogens is 567 g/mol. The van der Waals surface area contributed by atoms with Gasteiger partial charge in [-0.1, -0.05) is 83.1 Å². The quantitative estimate of drug-likeness (QED) is 0.124. The number of nitrogens with zero attached hydrogens (tertiary/aromatic N) is 1.